The van der Waals surface area contributed by atoms with Gasteiger partial charge in [0.05, 0.1) is 5.56 Å². The molecule has 0 radical (unpaired) electrons. The lowest BCUT2D eigenvalue weighted by atomic mass is 10.1. The Balaban J connectivity index is 2.07. The molecule has 0 aromatic heterocycles. The van der Waals surface area contributed by atoms with Crippen molar-refractivity contribution in [2.45, 2.75) is 31.2 Å². The summed E-state index contributed by atoms with van der Waals surface area (Å²) in [4.78, 5) is 24.4. The van der Waals surface area contributed by atoms with E-state index in [0.29, 0.717) is 18.9 Å². The standard InChI is InChI=1S/C16H14F6N2O2/c17-15(18,19)10-3-1-4-11(9-10)23-14(26)12-5-2-7-24(12)8-6-13(25)16(20,21)22/h1,3-4,6,8-9,12H,2,5,7H2,(H,23,26)/b8-6+. The number of hydrogen-bond acceptors (Lipinski definition) is 3. The number of ketones is 1. The molecule has 4 nitrogen and oxygen atoms in total. The van der Waals surface area contributed by atoms with Gasteiger partial charge in [-0.1, -0.05) is 6.07 Å². The van der Waals surface area contributed by atoms with Gasteiger partial charge in [-0.05, 0) is 31.0 Å². The molecule has 26 heavy (non-hydrogen) atoms. The zero-order valence-corrected chi connectivity index (χ0v) is 13.2. The van der Waals surface area contributed by atoms with Gasteiger partial charge < -0.3 is 10.2 Å². The van der Waals surface area contributed by atoms with Gasteiger partial charge in [-0.3, -0.25) is 9.59 Å². The predicted molar refractivity (Wildman–Crippen MR) is 80.0 cm³/mol. The normalized spacial score (nSPS) is 18.4. The number of alkyl halides is 6. The molecular weight excluding hydrogens is 366 g/mol. The molecule has 1 unspecified atom stereocenters. The molecule has 1 aromatic carbocycles. The first-order valence-electron chi connectivity index (χ1n) is 7.52. The van der Waals surface area contributed by atoms with Crippen molar-refractivity contribution >= 4 is 17.4 Å². The fourth-order valence-corrected chi connectivity index (χ4v) is 2.51. The molecule has 1 aliphatic rings. The number of allylic oxidation sites excluding steroid dienone is 1. The maximum absolute atomic E-state index is 12.7. The molecule has 142 valence electrons. The molecule has 0 saturated carbocycles. The number of halogens is 6. The molecule has 1 saturated heterocycles. The van der Waals surface area contributed by atoms with Crippen molar-refractivity contribution in [3.05, 3.63) is 42.1 Å². The zero-order chi connectivity index (χ0) is 19.5. The topological polar surface area (TPSA) is 49.4 Å². The minimum atomic E-state index is -5.01. The van der Waals surface area contributed by atoms with Crippen LogP contribution < -0.4 is 5.32 Å². The summed E-state index contributed by atoms with van der Waals surface area (Å²) in [7, 11) is 0. The second kappa shape index (κ2) is 7.38. The quantitative estimate of drug-likeness (QED) is 0.639. The highest BCUT2D eigenvalue weighted by Gasteiger charge is 2.37. The van der Waals surface area contributed by atoms with E-state index in [1.54, 1.807) is 0 Å². The van der Waals surface area contributed by atoms with Gasteiger partial charge in [0.1, 0.15) is 6.04 Å². The zero-order valence-electron chi connectivity index (χ0n) is 13.2. The van der Waals surface area contributed by atoms with Crippen molar-refractivity contribution in [2.75, 3.05) is 11.9 Å². The first-order chi connectivity index (χ1) is 12.0. The Morgan fingerprint density at radius 2 is 1.85 bits per heavy atom. The van der Waals surface area contributed by atoms with Gasteiger partial charge in [0, 0.05) is 24.5 Å². The van der Waals surface area contributed by atoms with E-state index in [1.165, 1.54) is 11.0 Å². The maximum atomic E-state index is 12.7. The van der Waals surface area contributed by atoms with Gasteiger partial charge in [-0.2, -0.15) is 26.3 Å². The third-order valence-corrected chi connectivity index (χ3v) is 3.75. The van der Waals surface area contributed by atoms with Crippen LogP contribution in [0.1, 0.15) is 18.4 Å². The van der Waals surface area contributed by atoms with E-state index in [2.05, 4.69) is 5.32 Å². The highest BCUT2D eigenvalue weighted by atomic mass is 19.4. The van der Waals surface area contributed by atoms with E-state index < -0.39 is 35.6 Å². The van der Waals surface area contributed by atoms with E-state index in [-0.39, 0.29) is 12.2 Å². The second-order valence-corrected chi connectivity index (χ2v) is 5.64. The summed E-state index contributed by atoms with van der Waals surface area (Å²) in [5, 5.41) is 2.32. The highest BCUT2D eigenvalue weighted by molar-refractivity contribution is 5.96. The molecule has 1 amide bonds. The Hall–Kier alpha value is -2.52. The molecule has 10 heteroatoms. The van der Waals surface area contributed by atoms with Gasteiger partial charge in [-0.25, -0.2) is 0 Å². The fraction of sp³-hybridized carbons (Fsp3) is 0.375. The van der Waals surface area contributed by atoms with Crippen LogP contribution in [0.5, 0.6) is 0 Å². The number of nitrogens with zero attached hydrogens (tertiary/aromatic N) is 1. The number of nitrogens with one attached hydrogen (secondary N) is 1. The third-order valence-electron chi connectivity index (χ3n) is 3.75. The Kier molecular flexibility index (Phi) is 5.62. The number of likely N-dealkylation sites (tertiary alicyclic amines) is 1. The van der Waals surface area contributed by atoms with Crippen LogP contribution in [0.25, 0.3) is 0 Å². The van der Waals surface area contributed by atoms with E-state index in [1.807, 2.05) is 0 Å². The molecule has 1 fully saturated rings. The second-order valence-electron chi connectivity index (χ2n) is 5.64. The van der Waals surface area contributed by atoms with Gasteiger partial charge in [0.2, 0.25) is 5.91 Å². The van der Waals surface area contributed by atoms with Crippen LogP contribution in [-0.4, -0.2) is 35.4 Å². The van der Waals surface area contributed by atoms with Crippen molar-refractivity contribution in [3.8, 4) is 0 Å². The summed E-state index contributed by atoms with van der Waals surface area (Å²) in [6.07, 6.45) is -7.57. The van der Waals surface area contributed by atoms with Crippen molar-refractivity contribution < 1.29 is 35.9 Å². The smallest absolute Gasteiger partial charge is 0.365 e. The lowest BCUT2D eigenvalue weighted by molar-refractivity contribution is -0.165. The summed E-state index contributed by atoms with van der Waals surface area (Å²) in [5.41, 5.74) is -1.01. The number of carbonyl (C=O) groups is 2. The Morgan fingerprint density at radius 3 is 2.46 bits per heavy atom. The molecule has 0 bridgehead atoms. The van der Waals surface area contributed by atoms with E-state index in [0.717, 1.165) is 24.4 Å². The third kappa shape index (κ3) is 4.99. The van der Waals surface area contributed by atoms with Crippen LogP contribution in [0.15, 0.2) is 36.5 Å². The molecule has 1 N–H and O–H groups in total. The first kappa shape index (κ1) is 19.8. The summed E-state index contributed by atoms with van der Waals surface area (Å²) in [6, 6.07) is 3.15. The van der Waals surface area contributed by atoms with Crippen LogP contribution in [0.4, 0.5) is 32.0 Å². The number of benzene rings is 1. The highest BCUT2D eigenvalue weighted by Crippen LogP contribution is 2.31. The summed E-state index contributed by atoms with van der Waals surface area (Å²) >= 11 is 0. The Morgan fingerprint density at radius 1 is 1.15 bits per heavy atom. The monoisotopic (exact) mass is 380 g/mol. The number of amides is 1. The van der Waals surface area contributed by atoms with Crippen molar-refractivity contribution in [2.24, 2.45) is 0 Å². The Labute approximate surface area is 144 Å². The van der Waals surface area contributed by atoms with Crippen molar-refractivity contribution in [1.29, 1.82) is 0 Å². The fourth-order valence-electron chi connectivity index (χ4n) is 2.51. The van der Waals surface area contributed by atoms with E-state index >= 15 is 0 Å². The molecule has 1 heterocycles. The van der Waals surface area contributed by atoms with Crippen molar-refractivity contribution in [3.63, 3.8) is 0 Å². The first-order valence-corrected chi connectivity index (χ1v) is 7.52. The van der Waals surface area contributed by atoms with Crippen LogP contribution in [0, 0.1) is 0 Å². The summed E-state index contributed by atoms with van der Waals surface area (Å²) in [5.74, 6) is -2.72. The SMILES string of the molecule is O=C(Nc1cccc(C(F)(F)F)c1)C1CCCN1/C=C/C(=O)C(F)(F)F. The maximum Gasteiger partial charge on any atom is 0.454 e. The lowest BCUT2D eigenvalue weighted by Gasteiger charge is -2.22. The predicted octanol–water partition coefficient (Wildman–Crippen LogP) is 3.75. The largest absolute Gasteiger partial charge is 0.454 e. The lowest BCUT2D eigenvalue weighted by Crippen LogP contribution is -2.37. The summed E-state index contributed by atoms with van der Waals surface area (Å²) in [6.45, 7) is 0.252. The number of rotatable bonds is 4. The van der Waals surface area contributed by atoms with Gasteiger partial charge in [0.15, 0.2) is 0 Å². The van der Waals surface area contributed by atoms with Crippen LogP contribution in [0.2, 0.25) is 0 Å². The molecule has 2 rings (SSSR count). The molecule has 1 atom stereocenters. The number of hydrogen-bond donors (Lipinski definition) is 1. The van der Waals surface area contributed by atoms with Crippen molar-refractivity contribution in [1.82, 2.24) is 4.90 Å². The van der Waals surface area contributed by atoms with Crippen LogP contribution in [-0.2, 0) is 15.8 Å². The van der Waals surface area contributed by atoms with Gasteiger partial charge in [-0.15, -0.1) is 0 Å². The minimum Gasteiger partial charge on any atom is -0.365 e. The average molecular weight is 380 g/mol. The van der Waals surface area contributed by atoms with Gasteiger partial charge in [0.25, 0.3) is 5.78 Å². The molecule has 0 spiro atoms. The molecular formula is C16H14F6N2O2. The number of anilines is 1. The van der Waals surface area contributed by atoms with E-state index in [9.17, 15) is 35.9 Å². The molecule has 1 aromatic rings. The van der Waals surface area contributed by atoms with E-state index in [4.69, 9.17) is 0 Å². The number of carbonyl (C=O) groups excluding carboxylic acids is 2. The minimum absolute atomic E-state index is 0.0768. The Bertz CT molecular complexity index is 711. The summed E-state index contributed by atoms with van der Waals surface area (Å²) < 4.78 is 74.7. The molecule has 1 aliphatic heterocycles. The van der Waals surface area contributed by atoms with Crippen LogP contribution in [0.3, 0.4) is 0 Å². The van der Waals surface area contributed by atoms with Gasteiger partial charge >= 0.3 is 12.4 Å². The molecule has 0 aliphatic carbocycles. The van der Waals surface area contributed by atoms with Crippen LogP contribution >= 0.6 is 0 Å². The average Bonchev–Trinajstić information content (AvgIpc) is 2.99.